The van der Waals surface area contributed by atoms with Crippen LogP contribution in [0.2, 0.25) is 0 Å². The van der Waals surface area contributed by atoms with Gasteiger partial charge in [-0.15, -0.1) is 0 Å². The van der Waals surface area contributed by atoms with Crippen LogP contribution in [0.25, 0.3) is 0 Å². The van der Waals surface area contributed by atoms with Crippen LogP contribution >= 0.6 is 0 Å². The molecule has 1 heterocycles. The molecule has 8 nitrogen and oxygen atoms in total. The molecule has 0 aromatic heterocycles. The van der Waals surface area contributed by atoms with Crippen molar-refractivity contribution in [1.82, 2.24) is 0 Å². The maximum Gasteiger partial charge on any atom is 0.349 e. The van der Waals surface area contributed by atoms with Crippen molar-refractivity contribution in [3.05, 3.63) is 88.8 Å². The summed E-state index contributed by atoms with van der Waals surface area (Å²) in [7, 11) is 1.56. The van der Waals surface area contributed by atoms with Crippen molar-refractivity contribution in [3.8, 4) is 34.8 Å². The minimum atomic E-state index is -0.570. The summed E-state index contributed by atoms with van der Waals surface area (Å²) in [6.07, 6.45) is 0. The van der Waals surface area contributed by atoms with Gasteiger partial charge in [0.2, 0.25) is 5.88 Å². The summed E-state index contributed by atoms with van der Waals surface area (Å²) in [4.78, 5) is 12.5. The fourth-order valence-corrected chi connectivity index (χ4v) is 4.33. The van der Waals surface area contributed by atoms with E-state index in [4.69, 9.17) is 29.4 Å². The molecule has 0 radical (unpaired) electrons. The first kappa shape index (κ1) is 27.4. The van der Waals surface area contributed by atoms with Gasteiger partial charge in [-0.1, -0.05) is 45.0 Å². The lowest BCUT2D eigenvalue weighted by atomic mass is 9.83. The van der Waals surface area contributed by atoms with Gasteiger partial charge in [0.1, 0.15) is 28.9 Å². The molecule has 0 amide bonds. The van der Waals surface area contributed by atoms with Gasteiger partial charge in [-0.05, 0) is 53.8 Å². The van der Waals surface area contributed by atoms with Gasteiger partial charge in [-0.3, -0.25) is 0 Å². The number of nitrogens with zero attached hydrogens (tertiary/aromatic N) is 1. The average Bonchev–Trinajstić information content (AvgIpc) is 2.91. The number of carbonyl (C=O) groups excluding carboxylic acids is 1. The average molecular weight is 529 g/mol. The first-order valence-corrected chi connectivity index (χ1v) is 12.6. The van der Waals surface area contributed by atoms with Gasteiger partial charge in [-0.25, -0.2) is 4.79 Å². The van der Waals surface area contributed by atoms with Crippen LogP contribution in [0.3, 0.4) is 0 Å². The normalized spacial score (nSPS) is 14.5. The maximum atomic E-state index is 12.5. The number of nitriles is 1. The molecule has 0 aliphatic carbocycles. The number of nitrogens with two attached hydrogens (primary N) is 1. The number of esters is 1. The zero-order valence-corrected chi connectivity index (χ0v) is 22.7. The quantitative estimate of drug-likeness (QED) is 0.297. The second-order valence-corrected chi connectivity index (χ2v) is 10.0. The van der Waals surface area contributed by atoms with Gasteiger partial charge in [0, 0.05) is 11.6 Å². The Balaban J connectivity index is 1.52. The molecule has 0 fully saturated rings. The molecule has 1 aliphatic heterocycles. The monoisotopic (exact) mass is 528 g/mol. The molecular weight excluding hydrogens is 496 g/mol. The van der Waals surface area contributed by atoms with Gasteiger partial charge >= 0.3 is 5.97 Å². The van der Waals surface area contributed by atoms with E-state index in [1.165, 1.54) is 5.56 Å². The standard InChI is InChI=1S/C31H32N2O6/c1-6-36-25-14-7-19(15-27(25)35-5)29-23-13-12-22(16-26(23)39-30(33)24(29)17-32)38-28(34)18-37-21-10-8-20(9-11-21)31(2,3)4/h7-16,29H,6,18,33H2,1-5H3. The van der Waals surface area contributed by atoms with Crippen LogP contribution in [-0.2, 0) is 10.2 Å². The Morgan fingerprint density at radius 2 is 1.72 bits per heavy atom. The highest BCUT2D eigenvalue weighted by atomic mass is 16.6. The molecule has 0 saturated heterocycles. The summed E-state index contributed by atoms with van der Waals surface area (Å²) < 4.78 is 28.0. The predicted octanol–water partition coefficient (Wildman–Crippen LogP) is 5.59. The molecular formula is C31H32N2O6. The van der Waals surface area contributed by atoms with E-state index in [2.05, 4.69) is 26.8 Å². The largest absolute Gasteiger partial charge is 0.493 e. The fraction of sp³-hybridized carbons (Fsp3) is 0.290. The van der Waals surface area contributed by atoms with E-state index < -0.39 is 11.9 Å². The Kier molecular flexibility index (Phi) is 8.01. The summed E-state index contributed by atoms with van der Waals surface area (Å²) in [6.45, 7) is 8.50. The van der Waals surface area contributed by atoms with Gasteiger partial charge in [0.15, 0.2) is 18.1 Å². The zero-order valence-electron chi connectivity index (χ0n) is 22.7. The topological polar surface area (TPSA) is 113 Å². The van der Waals surface area contributed by atoms with E-state index >= 15 is 0 Å². The summed E-state index contributed by atoms with van der Waals surface area (Å²) in [6, 6.07) is 20.2. The van der Waals surface area contributed by atoms with Gasteiger partial charge in [0.25, 0.3) is 0 Å². The fourth-order valence-electron chi connectivity index (χ4n) is 4.33. The summed E-state index contributed by atoms with van der Waals surface area (Å²) in [5.74, 6) is 1.26. The third-order valence-corrected chi connectivity index (χ3v) is 6.32. The van der Waals surface area contributed by atoms with Crippen LogP contribution in [0.15, 0.2) is 72.1 Å². The molecule has 1 atom stereocenters. The van der Waals surface area contributed by atoms with Crippen LogP contribution in [0.1, 0.15) is 50.3 Å². The van der Waals surface area contributed by atoms with Crippen molar-refractivity contribution < 1.29 is 28.5 Å². The second kappa shape index (κ2) is 11.4. The molecule has 202 valence electrons. The molecule has 4 rings (SSSR count). The highest BCUT2D eigenvalue weighted by molar-refractivity contribution is 5.74. The SMILES string of the molecule is CCOc1ccc(C2C(C#N)=C(N)Oc3cc(OC(=O)COc4ccc(C(C)(C)C)cc4)ccc32)cc1OC. The third kappa shape index (κ3) is 6.10. The molecule has 3 aromatic rings. The molecule has 0 saturated carbocycles. The Bertz CT molecular complexity index is 1430. The Morgan fingerprint density at radius 3 is 2.36 bits per heavy atom. The summed E-state index contributed by atoms with van der Waals surface area (Å²) in [5, 5.41) is 9.86. The lowest BCUT2D eigenvalue weighted by molar-refractivity contribution is -0.136. The van der Waals surface area contributed by atoms with Crippen molar-refractivity contribution in [3.63, 3.8) is 0 Å². The lowest BCUT2D eigenvalue weighted by Gasteiger charge is -2.27. The Morgan fingerprint density at radius 1 is 1.00 bits per heavy atom. The molecule has 2 N–H and O–H groups in total. The third-order valence-electron chi connectivity index (χ3n) is 6.32. The number of rotatable bonds is 8. The molecule has 0 spiro atoms. The zero-order chi connectivity index (χ0) is 28.2. The minimum absolute atomic E-state index is 0.0200. The van der Waals surface area contributed by atoms with Crippen LogP contribution in [-0.4, -0.2) is 26.3 Å². The first-order valence-electron chi connectivity index (χ1n) is 12.6. The maximum absolute atomic E-state index is 12.5. The number of benzene rings is 3. The lowest BCUT2D eigenvalue weighted by Crippen LogP contribution is -2.22. The summed E-state index contributed by atoms with van der Waals surface area (Å²) >= 11 is 0. The van der Waals surface area contributed by atoms with Crippen LogP contribution in [0.4, 0.5) is 0 Å². The number of ether oxygens (including phenoxy) is 5. The Labute approximate surface area is 228 Å². The van der Waals surface area contributed by atoms with Gasteiger partial charge in [0.05, 0.1) is 19.6 Å². The smallest absolute Gasteiger partial charge is 0.349 e. The van der Waals surface area contributed by atoms with E-state index in [9.17, 15) is 10.1 Å². The van der Waals surface area contributed by atoms with Crippen molar-refractivity contribution >= 4 is 5.97 Å². The van der Waals surface area contributed by atoms with E-state index in [1.807, 2.05) is 43.3 Å². The summed E-state index contributed by atoms with van der Waals surface area (Å²) in [5.41, 5.74) is 9.06. The van der Waals surface area contributed by atoms with Gasteiger partial charge in [-0.2, -0.15) is 5.26 Å². The molecule has 39 heavy (non-hydrogen) atoms. The Hall–Kier alpha value is -4.64. The van der Waals surface area contributed by atoms with E-state index in [1.54, 1.807) is 31.4 Å². The van der Waals surface area contributed by atoms with Crippen LogP contribution < -0.4 is 29.4 Å². The number of fused-ring (bicyclic) bond motifs is 1. The molecule has 3 aromatic carbocycles. The number of methoxy groups -OCH3 is 1. The van der Waals surface area contributed by atoms with Crippen molar-refractivity contribution in [1.29, 1.82) is 5.26 Å². The number of carbonyl (C=O) groups is 1. The van der Waals surface area contributed by atoms with Crippen molar-refractivity contribution in [2.24, 2.45) is 5.73 Å². The number of hydrogen-bond donors (Lipinski definition) is 1. The molecule has 1 unspecified atom stereocenters. The van der Waals surface area contributed by atoms with Crippen LogP contribution in [0, 0.1) is 11.3 Å². The van der Waals surface area contributed by atoms with E-state index in [-0.39, 0.29) is 29.2 Å². The molecule has 0 bridgehead atoms. The minimum Gasteiger partial charge on any atom is -0.493 e. The highest BCUT2D eigenvalue weighted by Gasteiger charge is 2.31. The number of allylic oxidation sites excluding steroid dienone is 1. The number of hydrogen-bond acceptors (Lipinski definition) is 8. The van der Waals surface area contributed by atoms with Crippen LogP contribution in [0.5, 0.6) is 28.7 Å². The highest BCUT2D eigenvalue weighted by Crippen LogP contribution is 2.45. The van der Waals surface area contributed by atoms with E-state index in [0.717, 1.165) is 5.56 Å². The first-order chi connectivity index (χ1) is 18.6. The predicted molar refractivity (Wildman–Crippen MR) is 146 cm³/mol. The van der Waals surface area contributed by atoms with Gasteiger partial charge < -0.3 is 29.4 Å². The van der Waals surface area contributed by atoms with E-state index in [0.29, 0.717) is 35.2 Å². The van der Waals surface area contributed by atoms with Crippen molar-refractivity contribution in [2.45, 2.75) is 39.0 Å². The molecule has 8 heteroatoms. The second-order valence-electron chi connectivity index (χ2n) is 10.0. The van der Waals surface area contributed by atoms with Crippen molar-refractivity contribution in [2.75, 3.05) is 20.3 Å². The molecule has 1 aliphatic rings.